The largest absolute Gasteiger partial charge is 0.401 e. The number of rotatable bonds is 2. The van der Waals surface area contributed by atoms with E-state index in [9.17, 15) is 0 Å². The number of nitrogens with two attached hydrogens (primary N) is 1. The van der Waals surface area contributed by atoms with Crippen LogP contribution in [0.5, 0.6) is 0 Å². The maximum absolute atomic E-state index is 5.74. The van der Waals surface area contributed by atoms with Gasteiger partial charge in [0.05, 0.1) is 0 Å². The van der Waals surface area contributed by atoms with Crippen molar-refractivity contribution in [1.82, 2.24) is 9.80 Å². The van der Waals surface area contributed by atoms with E-state index in [1.807, 2.05) is 0 Å². The van der Waals surface area contributed by atoms with E-state index in [1.54, 1.807) is 0 Å². The van der Waals surface area contributed by atoms with Crippen LogP contribution in [0.15, 0.2) is 12.3 Å². The fourth-order valence-electron chi connectivity index (χ4n) is 2.01. The van der Waals surface area contributed by atoms with Crippen molar-refractivity contribution in [3.8, 4) is 0 Å². The van der Waals surface area contributed by atoms with Crippen LogP contribution in [0.4, 0.5) is 0 Å². The molecule has 0 radical (unpaired) electrons. The Morgan fingerprint density at radius 3 is 2.00 bits per heavy atom. The van der Waals surface area contributed by atoms with Crippen molar-refractivity contribution in [2.24, 2.45) is 5.73 Å². The van der Waals surface area contributed by atoms with E-state index >= 15 is 0 Å². The first-order chi connectivity index (χ1) is 6.82. The Hall–Kier alpha value is -0.540. The van der Waals surface area contributed by atoms with Crippen molar-refractivity contribution in [2.45, 2.75) is 39.3 Å². The topological polar surface area (TPSA) is 32.5 Å². The van der Waals surface area contributed by atoms with Gasteiger partial charge in [-0.15, -0.1) is 0 Å². The zero-order chi connectivity index (χ0) is 11.6. The van der Waals surface area contributed by atoms with Gasteiger partial charge in [0.15, 0.2) is 0 Å². The highest BCUT2D eigenvalue weighted by Gasteiger charge is 2.27. The van der Waals surface area contributed by atoms with Crippen LogP contribution >= 0.6 is 0 Å². The number of hydrogen-bond donors (Lipinski definition) is 1. The third-order valence-corrected chi connectivity index (χ3v) is 3.35. The number of hydrogen-bond acceptors (Lipinski definition) is 3. The predicted octanol–water partition coefficient (Wildman–Crippen LogP) is 1.26. The van der Waals surface area contributed by atoms with Gasteiger partial charge in [0.25, 0.3) is 0 Å². The van der Waals surface area contributed by atoms with Gasteiger partial charge in [0, 0.05) is 43.5 Å². The zero-order valence-corrected chi connectivity index (χ0v) is 10.6. The summed E-state index contributed by atoms with van der Waals surface area (Å²) in [6.45, 7) is 17.2. The lowest BCUT2D eigenvalue weighted by atomic mass is 10.0. The van der Waals surface area contributed by atoms with Gasteiger partial charge in [-0.2, -0.15) is 0 Å². The molecule has 0 aliphatic carbocycles. The molecule has 1 fully saturated rings. The molecule has 1 heterocycles. The normalized spacial score (nSPS) is 22.7. The fourth-order valence-corrected chi connectivity index (χ4v) is 2.01. The molecule has 0 aromatic carbocycles. The van der Waals surface area contributed by atoms with Crippen molar-refractivity contribution in [2.75, 3.05) is 26.2 Å². The lowest BCUT2D eigenvalue weighted by Gasteiger charge is -2.44. The van der Waals surface area contributed by atoms with Gasteiger partial charge in [0.1, 0.15) is 0 Å². The van der Waals surface area contributed by atoms with Crippen molar-refractivity contribution in [1.29, 1.82) is 0 Å². The molecule has 3 nitrogen and oxygen atoms in total. The van der Waals surface area contributed by atoms with Crippen LogP contribution < -0.4 is 5.73 Å². The third kappa shape index (κ3) is 3.21. The quantitative estimate of drug-likeness (QED) is 0.746. The van der Waals surface area contributed by atoms with Gasteiger partial charge in [0.2, 0.25) is 0 Å². The molecule has 88 valence electrons. The lowest BCUT2D eigenvalue weighted by Crippen LogP contribution is -2.55. The van der Waals surface area contributed by atoms with E-state index in [1.165, 1.54) is 0 Å². The van der Waals surface area contributed by atoms with Gasteiger partial charge < -0.3 is 5.73 Å². The molecular weight excluding hydrogens is 186 g/mol. The predicted molar refractivity (Wildman–Crippen MR) is 65.7 cm³/mol. The van der Waals surface area contributed by atoms with Crippen LogP contribution in [0.1, 0.15) is 27.7 Å². The summed E-state index contributed by atoms with van der Waals surface area (Å²) < 4.78 is 0. The van der Waals surface area contributed by atoms with Crippen molar-refractivity contribution < 1.29 is 0 Å². The molecule has 15 heavy (non-hydrogen) atoms. The highest BCUT2D eigenvalue weighted by Crippen LogP contribution is 2.17. The second-order valence-electron chi connectivity index (χ2n) is 5.44. The van der Waals surface area contributed by atoms with Gasteiger partial charge >= 0.3 is 0 Å². The molecule has 0 unspecified atom stereocenters. The van der Waals surface area contributed by atoms with Crippen LogP contribution in [-0.4, -0.2) is 47.6 Å². The number of nitrogens with zero attached hydrogens (tertiary/aromatic N) is 2. The molecular formula is C12H25N3. The molecule has 0 aromatic rings. The van der Waals surface area contributed by atoms with Crippen LogP contribution in [0.3, 0.4) is 0 Å². The van der Waals surface area contributed by atoms with Gasteiger partial charge in [-0.3, -0.25) is 9.80 Å². The van der Waals surface area contributed by atoms with Gasteiger partial charge in [-0.25, -0.2) is 0 Å². The molecule has 0 bridgehead atoms. The fraction of sp³-hybridized carbons (Fsp3) is 0.833. The Balaban J connectivity index is 2.46. The molecule has 0 saturated carbocycles. The summed E-state index contributed by atoms with van der Waals surface area (Å²) in [7, 11) is 0. The standard InChI is InChI=1S/C12H25N3/c1-10(13)11(2)14-6-8-15(9-7-14)12(3,4)5/h11H,1,6-9,13H2,2-5H3/t11-/m1/s1. The minimum Gasteiger partial charge on any atom is -0.401 e. The first-order valence-electron chi connectivity index (χ1n) is 5.75. The maximum Gasteiger partial charge on any atom is 0.0459 e. The second-order valence-corrected chi connectivity index (χ2v) is 5.44. The monoisotopic (exact) mass is 211 g/mol. The zero-order valence-electron chi connectivity index (χ0n) is 10.6. The molecule has 1 saturated heterocycles. The van der Waals surface area contributed by atoms with Crippen LogP contribution in [-0.2, 0) is 0 Å². The average Bonchev–Trinajstić information content (AvgIpc) is 2.15. The van der Waals surface area contributed by atoms with E-state index in [4.69, 9.17) is 5.73 Å². The summed E-state index contributed by atoms with van der Waals surface area (Å²) in [5, 5.41) is 0. The molecule has 1 aliphatic heterocycles. The number of piperazine rings is 1. The molecule has 2 N–H and O–H groups in total. The maximum atomic E-state index is 5.74. The summed E-state index contributed by atoms with van der Waals surface area (Å²) in [5.41, 5.74) is 6.80. The Bertz CT molecular complexity index is 222. The Kier molecular flexibility index (Phi) is 3.79. The summed E-state index contributed by atoms with van der Waals surface area (Å²) in [6, 6.07) is 0.312. The minimum absolute atomic E-state index is 0.287. The highest BCUT2D eigenvalue weighted by atomic mass is 15.3. The summed E-state index contributed by atoms with van der Waals surface area (Å²) in [5.74, 6) is 0. The molecule has 0 amide bonds. The van der Waals surface area contributed by atoms with E-state index in [0.29, 0.717) is 6.04 Å². The summed E-state index contributed by atoms with van der Waals surface area (Å²) in [6.07, 6.45) is 0. The third-order valence-electron chi connectivity index (χ3n) is 3.35. The Morgan fingerprint density at radius 1 is 1.20 bits per heavy atom. The smallest absolute Gasteiger partial charge is 0.0459 e. The van der Waals surface area contributed by atoms with E-state index < -0.39 is 0 Å². The Labute approximate surface area is 93.9 Å². The van der Waals surface area contributed by atoms with E-state index in [0.717, 1.165) is 31.9 Å². The molecule has 1 atom stereocenters. The van der Waals surface area contributed by atoms with E-state index in [2.05, 4.69) is 44.1 Å². The SMILES string of the molecule is C=C(N)[C@@H](C)N1CCN(C(C)(C)C)CC1. The molecule has 0 aromatic heterocycles. The first kappa shape index (κ1) is 12.5. The lowest BCUT2D eigenvalue weighted by molar-refractivity contribution is 0.0518. The molecule has 1 rings (SSSR count). The van der Waals surface area contributed by atoms with Crippen LogP contribution in [0.2, 0.25) is 0 Å². The van der Waals surface area contributed by atoms with Crippen LogP contribution in [0, 0.1) is 0 Å². The summed E-state index contributed by atoms with van der Waals surface area (Å²) in [4.78, 5) is 4.93. The Morgan fingerprint density at radius 2 is 1.67 bits per heavy atom. The van der Waals surface area contributed by atoms with Gasteiger partial charge in [-0.1, -0.05) is 6.58 Å². The minimum atomic E-state index is 0.287. The molecule has 0 spiro atoms. The molecule has 3 heteroatoms. The first-order valence-corrected chi connectivity index (χ1v) is 5.75. The summed E-state index contributed by atoms with van der Waals surface area (Å²) >= 11 is 0. The van der Waals surface area contributed by atoms with Crippen molar-refractivity contribution in [3.05, 3.63) is 12.3 Å². The van der Waals surface area contributed by atoms with Crippen molar-refractivity contribution in [3.63, 3.8) is 0 Å². The second kappa shape index (κ2) is 4.54. The van der Waals surface area contributed by atoms with Gasteiger partial charge in [-0.05, 0) is 27.7 Å². The highest BCUT2D eigenvalue weighted by molar-refractivity contribution is 5.00. The van der Waals surface area contributed by atoms with E-state index in [-0.39, 0.29) is 5.54 Å². The average molecular weight is 211 g/mol. The van der Waals surface area contributed by atoms with Crippen LogP contribution in [0.25, 0.3) is 0 Å². The van der Waals surface area contributed by atoms with Crippen molar-refractivity contribution >= 4 is 0 Å². The molecule has 1 aliphatic rings.